The first-order valence-electron chi connectivity index (χ1n) is 6.49. The molecule has 2 rings (SSSR count). The lowest BCUT2D eigenvalue weighted by molar-refractivity contribution is 0.0698. The summed E-state index contributed by atoms with van der Waals surface area (Å²) in [6, 6.07) is 4.92. The van der Waals surface area contributed by atoms with Crippen molar-refractivity contribution in [3.8, 4) is 0 Å². The Morgan fingerprint density at radius 1 is 1.43 bits per heavy atom. The van der Waals surface area contributed by atoms with E-state index in [1.165, 1.54) is 6.07 Å². The normalized spacial score (nSPS) is 11.9. The van der Waals surface area contributed by atoms with Gasteiger partial charge >= 0.3 is 5.97 Å². The summed E-state index contributed by atoms with van der Waals surface area (Å²) >= 11 is 0. The lowest BCUT2D eigenvalue weighted by Gasteiger charge is -2.10. The quantitative estimate of drug-likeness (QED) is 0.823. The zero-order chi connectivity index (χ0) is 15.6. The number of hydrogen-bond acceptors (Lipinski definition) is 4. The number of rotatable bonds is 6. The van der Waals surface area contributed by atoms with E-state index in [0.717, 1.165) is 12.1 Å². The molecule has 114 valence electrons. The predicted octanol–water partition coefficient (Wildman–Crippen LogP) is 0.846. The van der Waals surface area contributed by atoms with Gasteiger partial charge in [-0.2, -0.15) is 0 Å². The molecule has 0 atom stereocenters. The summed E-state index contributed by atoms with van der Waals surface area (Å²) in [5.74, 6) is -0.297. The Balaban J connectivity index is 2.46. The van der Waals surface area contributed by atoms with E-state index in [9.17, 15) is 18.3 Å². The lowest BCUT2D eigenvalue weighted by Crippen LogP contribution is -2.26. The molecule has 0 saturated carbocycles. The molecule has 0 fully saturated rings. The number of benzene rings is 1. The van der Waals surface area contributed by atoms with Crippen LogP contribution in [0.5, 0.6) is 0 Å². The standard InChI is InChI=1S/C13H17N3O4S/c1-3-11-15-10-6-4-5-9(13(17)18)12(10)16(11)8-7-14-21(2,19)20/h4-6,14H,3,7-8H2,1-2H3,(H,17,18). The zero-order valence-electron chi connectivity index (χ0n) is 11.8. The number of aryl methyl sites for hydroxylation is 1. The minimum atomic E-state index is -3.28. The fourth-order valence-corrected chi connectivity index (χ4v) is 2.72. The highest BCUT2D eigenvalue weighted by Gasteiger charge is 2.16. The third-order valence-electron chi connectivity index (χ3n) is 3.09. The van der Waals surface area contributed by atoms with E-state index >= 15 is 0 Å². The second-order valence-corrected chi connectivity index (χ2v) is 6.51. The SMILES string of the molecule is CCc1nc2cccc(C(=O)O)c2n1CCNS(C)(=O)=O. The molecule has 0 spiro atoms. The van der Waals surface area contributed by atoms with Crippen molar-refractivity contribution in [2.45, 2.75) is 19.9 Å². The topological polar surface area (TPSA) is 101 Å². The van der Waals surface area contributed by atoms with Crippen LogP contribution in [0.1, 0.15) is 23.1 Å². The Kier molecular flexibility index (Phi) is 4.29. The van der Waals surface area contributed by atoms with Crippen LogP contribution in [0.3, 0.4) is 0 Å². The van der Waals surface area contributed by atoms with Crippen molar-refractivity contribution in [3.63, 3.8) is 0 Å². The number of aromatic nitrogens is 2. The number of carbonyl (C=O) groups is 1. The maximum atomic E-state index is 11.3. The number of imidazole rings is 1. The van der Waals surface area contributed by atoms with Crippen LogP contribution in [0.25, 0.3) is 11.0 Å². The minimum Gasteiger partial charge on any atom is -0.478 e. The van der Waals surface area contributed by atoms with Gasteiger partial charge in [0.15, 0.2) is 0 Å². The van der Waals surface area contributed by atoms with Crippen molar-refractivity contribution < 1.29 is 18.3 Å². The van der Waals surface area contributed by atoms with E-state index in [1.807, 2.05) is 6.92 Å². The van der Waals surface area contributed by atoms with Gasteiger partial charge in [-0.1, -0.05) is 13.0 Å². The monoisotopic (exact) mass is 311 g/mol. The molecule has 0 radical (unpaired) electrons. The smallest absolute Gasteiger partial charge is 0.337 e. The Morgan fingerprint density at radius 2 is 2.14 bits per heavy atom. The molecule has 7 nitrogen and oxygen atoms in total. The second kappa shape index (κ2) is 5.82. The van der Waals surface area contributed by atoms with Crippen molar-refractivity contribution in [2.24, 2.45) is 0 Å². The number of aromatic carboxylic acids is 1. The molecule has 1 aromatic carbocycles. The van der Waals surface area contributed by atoms with Gasteiger partial charge in [-0.05, 0) is 12.1 Å². The van der Waals surface area contributed by atoms with E-state index in [1.54, 1.807) is 16.7 Å². The predicted molar refractivity (Wildman–Crippen MR) is 78.9 cm³/mol. The molecule has 21 heavy (non-hydrogen) atoms. The summed E-state index contributed by atoms with van der Waals surface area (Å²) in [6.45, 7) is 2.43. The summed E-state index contributed by atoms with van der Waals surface area (Å²) in [6.07, 6.45) is 1.72. The Hall–Kier alpha value is -1.93. The number of hydrogen-bond donors (Lipinski definition) is 2. The van der Waals surface area contributed by atoms with Crippen molar-refractivity contribution in [3.05, 3.63) is 29.6 Å². The van der Waals surface area contributed by atoms with Crippen LogP contribution in [0, 0.1) is 0 Å². The van der Waals surface area contributed by atoms with Gasteiger partial charge in [0.05, 0.1) is 22.9 Å². The molecule has 2 aromatic rings. The van der Waals surface area contributed by atoms with E-state index < -0.39 is 16.0 Å². The highest BCUT2D eigenvalue weighted by Crippen LogP contribution is 2.21. The van der Waals surface area contributed by atoms with Crippen LogP contribution in [-0.4, -0.2) is 41.8 Å². The number of nitrogens with zero attached hydrogens (tertiary/aromatic N) is 2. The van der Waals surface area contributed by atoms with Crippen LogP contribution in [0.2, 0.25) is 0 Å². The zero-order valence-corrected chi connectivity index (χ0v) is 12.6. The highest BCUT2D eigenvalue weighted by molar-refractivity contribution is 7.88. The number of carboxylic acid groups (broad SMARTS) is 1. The molecule has 0 amide bonds. The molecular formula is C13H17N3O4S. The van der Waals surface area contributed by atoms with Gasteiger partial charge in [0.1, 0.15) is 5.82 Å². The Morgan fingerprint density at radius 3 is 2.71 bits per heavy atom. The van der Waals surface area contributed by atoms with E-state index in [2.05, 4.69) is 9.71 Å². The molecule has 0 saturated heterocycles. The first kappa shape index (κ1) is 15.5. The van der Waals surface area contributed by atoms with Gasteiger partial charge in [0.2, 0.25) is 10.0 Å². The molecule has 0 unspecified atom stereocenters. The van der Waals surface area contributed by atoms with E-state index in [4.69, 9.17) is 0 Å². The summed E-state index contributed by atoms with van der Waals surface area (Å²) < 4.78 is 26.4. The third kappa shape index (κ3) is 3.40. The van der Waals surface area contributed by atoms with E-state index in [0.29, 0.717) is 24.0 Å². The van der Waals surface area contributed by atoms with Gasteiger partial charge in [-0.3, -0.25) is 0 Å². The van der Waals surface area contributed by atoms with Gasteiger partial charge in [0, 0.05) is 19.5 Å². The van der Waals surface area contributed by atoms with Crippen LogP contribution in [0.15, 0.2) is 18.2 Å². The lowest BCUT2D eigenvalue weighted by atomic mass is 10.2. The first-order chi connectivity index (χ1) is 9.83. The first-order valence-corrected chi connectivity index (χ1v) is 8.38. The Labute approximate surface area is 122 Å². The summed E-state index contributed by atoms with van der Waals surface area (Å²) in [5, 5.41) is 9.29. The maximum Gasteiger partial charge on any atom is 0.337 e. The number of fused-ring (bicyclic) bond motifs is 1. The van der Waals surface area contributed by atoms with Crippen molar-refractivity contribution >= 4 is 27.0 Å². The van der Waals surface area contributed by atoms with Gasteiger partial charge < -0.3 is 9.67 Å². The van der Waals surface area contributed by atoms with Crippen LogP contribution < -0.4 is 4.72 Å². The van der Waals surface area contributed by atoms with Crippen molar-refractivity contribution in [1.82, 2.24) is 14.3 Å². The minimum absolute atomic E-state index is 0.166. The number of para-hydroxylation sites is 1. The van der Waals surface area contributed by atoms with Crippen molar-refractivity contribution in [1.29, 1.82) is 0 Å². The highest BCUT2D eigenvalue weighted by atomic mass is 32.2. The fraction of sp³-hybridized carbons (Fsp3) is 0.385. The summed E-state index contributed by atoms with van der Waals surface area (Å²) in [7, 11) is -3.28. The van der Waals surface area contributed by atoms with Gasteiger partial charge in [-0.25, -0.2) is 22.9 Å². The second-order valence-electron chi connectivity index (χ2n) is 4.68. The maximum absolute atomic E-state index is 11.3. The average molecular weight is 311 g/mol. The molecule has 1 aromatic heterocycles. The van der Waals surface area contributed by atoms with E-state index in [-0.39, 0.29) is 12.1 Å². The molecule has 2 N–H and O–H groups in total. The molecule has 8 heteroatoms. The molecule has 0 aliphatic rings. The molecular weight excluding hydrogens is 294 g/mol. The largest absolute Gasteiger partial charge is 0.478 e. The third-order valence-corrected chi connectivity index (χ3v) is 3.82. The number of nitrogens with one attached hydrogen (secondary N) is 1. The Bertz CT molecular complexity index is 780. The number of carboxylic acids is 1. The number of sulfonamides is 1. The average Bonchev–Trinajstić information content (AvgIpc) is 2.75. The summed E-state index contributed by atoms with van der Waals surface area (Å²) in [4.78, 5) is 15.8. The van der Waals surface area contributed by atoms with Crippen molar-refractivity contribution in [2.75, 3.05) is 12.8 Å². The van der Waals surface area contributed by atoms with Crippen LogP contribution >= 0.6 is 0 Å². The van der Waals surface area contributed by atoms with Gasteiger partial charge in [-0.15, -0.1) is 0 Å². The fourth-order valence-electron chi connectivity index (χ4n) is 2.26. The molecule has 0 aliphatic heterocycles. The van der Waals surface area contributed by atoms with Crippen LogP contribution in [-0.2, 0) is 23.0 Å². The molecule has 1 heterocycles. The summed E-state index contributed by atoms with van der Waals surface area (Å²) in [5.41, 5.74) is 1.29. The molecule has 0 bridgehead atoms. The van der Waals surface area contributed by atoms with Gasteiger partial charge in [0.25, 0.3) is 0 Å². The van der Waals surface area contributed by atoms with Crippen LogP contribution in [0.4, 0.5) is 0 Å². The molecule has 0 aliphatic carbocycles.